The number of anilines is 1. The second-order valence-electron chi connectivity index (χ2n) is 7.49. The molecule has 0 bridgehead atoms. The van der Waals surface area contributed by atoms with Crippen LogP contribution in [-0.4, -0.2) is 16.8 Å². The molecule has 0 unspecified atom stereocenters. The summed E-state index contributed by atoms with van der Waals surface area (Å²) < 4.78 is 0. The van der Waals surface area contributed by atoms with Crippen LogP contribution in [0.3, 0.4) is 0 Å². The molecule has 2 heterocycles. The summed E-state index contributed by atoms with van der Waals surface area (Å²) in [6, 6.07) is 27.1. The van der Waals surface area contributed by atoms with Crippen LogP contribution in [0.2, 0.25) is 0 Å². The molecule has 0 spiro atoms. The summed E-state index contributed by atoms with van der Waals surface area (Å²) in [6.45, 7) is 2.87. The van der Waals surface area contributed by atoms with Crippen molar-refractivity contribution < 1.29 is 4.79 Å². The van der Waals surface area contributed by atoms with Crippen LogP contribution in [0.5, 0.6) is 0 Å². The number of hydrogen-bond donors (Lipinski definition) is 0. The van der Waals surface area contributed by atoms with Crippen molar-refractivity contribution in [3.63, 3.8) is 0 Å². The molecule has 0 aliphatic carbocycles. The summed E-state index contributed by atoms with van der Waals surface area (Å²) in [5, 5.41) is 0. The van der Waals surface area contributed by atoms with Gasteiger partial charge in [0.2, 0.25) is 5.91 Å². The predicted molar refractivity (Wildman–Crippen MR) is 107 cm³/mol. The van der Waals surface area contributed by atoms with Crippen LogP contribution in [0.25, 0.3) is 0 Å². The monoisotopic (exact) mass is 354 g/mol. The molecule has 3 heteroatoms. The lowest BCUT2D eigenvalue weighted by atomic mass is 9.94. The fourth-order valence-electron chi connectivity index (χ4n) is 4.40. The van der Waals surface area contributed by atoms with Crippen LogP contribution in [-0.2, 0) is 17.8 Å². The number of hydrogen-bond acceptors (Lipinski definition) is 2. The zero-order valence-corrected chi connectivity index (χ0v) is 15.4. The van der Waals surface area contributed by atoms with Crippen molar-refractivity contribution in [1.82, 2.24) is 4.90 Å². The Morgan fingerprint density at radius 2 is 1.48 bits per heavy atom. The topological polar surface area (TPSA) is 23.6 Å². The Labute approximate surface area is 159 Å². The van der Waals surface area contributed by atoms with E-state index in [1.54, 1.807) is 0 Å². The quantitative estimate of drug-likeness (QED) is 0.678. The first-order chi connectivity index (χ1) is 13.2. The second-order valence-corrected chi connectivity index (χ2v) is 7.49. The first-order valence-electron chi connectivity index (χ1n) is 9.49. The molecule has 2 aliphatic heterocycles. The van der Waals surface area contributed by atoms with E-state index >= 15 is 0 Å². The number of amides is 1. The molecule has 3 aromatic carbocycles. The largest absolute Gasteiger partial charge is 0.291 e. The van der Waals surface area contributed by atoms with Crippen molar-refractivity contribution in [2.45, 2.75) is 32.1 Å². The van der Waals surface area contributed by atoms with Crippen molar-refractivity contribution in [1.29, 1.82) is 0 Å². The average Bonchev–Trinajstić information content (AvgIpc) is 2.99. The molecule has 0 N–H and O–H groups in total. The Hall–Kier alpha value is -2.91. The number of carbonyl (C=O) groups excluding carboxylic acids is 1. The van der Waals surface area contributed by atoms with E-state index in [4.69, 9.17) is 0 Å². The van der Waals surface area contributed by atoms with E-state index < -0.39 is 0 Å². The maximum Gasteiger partial charge on any atom is 0.246 e. The Balaban J connectivity index is 1.63. The molecule has 134 valence electrons. The number of rotatable bonds is 2. The van der Waals surface area contributed by atoms with Crippen LogP contribution in [0.15, 0.2) is 78.9 Å². The van der Waals surface area contributed by atoms with Crippen LogP contribution in [0.1, 0.15) is 28.4 Å². The SMILES string of the molecule is Cc1ccc(N2C(=O)[C@@H]3Cc4ccccc4CN3[C@H]2c2ccccc2)cc1. The number of aryl methyl sites for hydroxylation is 1. The Morgan fingerprint density at radius 1 is 0.815 bits per heavy atom. The highest BCUT2D eigenvalue weighted by atomic mass is 16.2. The van der Waals surface area contributed by atoms with E-state index in [1.165, 1.54) is 16.7 Å². The van der Waals surface area contributed by atoms with Crippen LogP contribution in [0.4, 0.5) is 5.69 Å². The van der Waals surface area contributed by atoms with E-state index in [1.807, 2.05) is 11.0 Å². The van der Waals surface area contributed by atoms with Gasteiger partial charge in [-0.05, 0) is 42.2 Å². The summed E-state index contributed by atoms with van der Waals surface area (Å²) in [4.78, 5) is 17.9. The highest BCUT2D eigenvalue weighted by molar-refractivity contribution is 6.00. The molecule has 1 fully saturated rings. The van der Waals surface area contributed by atoms with Gasteiger partial charge in [0, 0.05) is 12.2 Å². The van der Waals surface area contributed by atoms with Gasteiger partial charge in [0.25, 0.3) is 0 Å². The molecule has 2 atom stereocenters. The van der Waals surface area contributed by atoms with Crippen molar-refractivity contribution in [2.75, 3.05) is 4.90 Å². The molecule has 0 aromatic heterocycles. The molecule has 3 aromatic rings. The van der Waals surface area contributed by atoms with Gasteiger partial charge in [0.1, 0.15) is 6.17 Å². The van der Waals surface area contributed by atoms with E-state index in [-0.39, 0.29) is 18.1 Å². The third-order valence-corrected chi connectivity index (χ3v) is 5.78. The highest BCUT2D eigenvalue weighted by Crippen LogP contribution is 2.42. The number of nitrogens with zero attached hydrogens (tertiary/aromatic N) is 2. The van der Waals surface area contributed by atoms with Crippen molar-refractivity contribution >= 4 is 11.6 Å². The van der Waals surface area contributed by atoms with Gasteiger partial charge in [-0.15, -0.1) is 0 Å². The third-order valence-electron chi connectivity index (χ3n) is 5.78. The molecule has 1 saturated heterocycles. The Kier molecular flexibility index (Phi) is 3.83. The fraction of sp³-hybridized carbons (Fsp3) is 0.208. The minimum Gasteiger partial charge on any atom is -0.291 e. The van der Waals surface area contributed by atoms with E-state index in [0.717, 1.165) is 24.2 Å². The second kappa shape index (κ2) is 6.36. The molecule has 3 nitrogen and oxygen atoms in total. The molecular weight excluding hydrogens is 332 g/mol. The predicted octanol–water partition coefficient (Wildman–Crippen LogP) is 4.47. The number of carbonyl (C=O) groups is 1. The maximum atomic E-state index is 13.5. The van der Waals surface area contributed by atoms with E-state index in [2.05, 4.69) is 84.6 Å². The average molecular weight is 354 g/mol. The molecule has 27 heavy (non-hydrogen) atoms. The first-order valence-corrected chi connectivity index (χ1v) is 9.49. The minimum absolute atomic E-state index is 0.0697. The summed E-state index contributed by atoms with van der Waals surface area (Å²) >= 11 is 0. The zero-order valence-electron chi connectivity index (χ0n) is 15.4. The smallest absolute Gasteiger partial charge is 0.246 e. The molecular formula is C24H22N2O. The Bertz CT molecular complexity index is 981. The summed E-state index contributed by atoms with van der Waals surface area (Å²) in [6.07, 6.45) is 0.709. The molecule has 0 saturated carbocycles. The fourth-order valence-corrected chi connectivity index (χ4v) is 4.40. The van der Waals surface area contributed by atoms with Gasteiger partial charge in [0.05, 0.1) is 6.04 Å². The van der Waals surface area contributed by atoms with Gasteiger partial charge in [-0.1, -0.05) is 72.3 Å². The van der Waals surface area contributed by atoms with Crippen LogP contribution in [0, 0.1) is 6.92 Å². The van der Waals surface area contributed by atoms with Crippen LogP contribution >= 0.6 is 0 Å². The normalized spacial score (nSPS) is 21.8. The highest BCUT2D eigenvalue weighted by Gasteiger charge is 2.48. The van der Waals surface area contributed by atoms with Crippen molar-refractivity contribution in [2.24, 2.45) is 0 Å². The molecule has 0 radical (unpaired) electrons. The lowest BCUT2D eigenvalue weighted by Crippen LogP contribution is -2.39. The van der Waals surface area contributed by atoms with Gasteiger partial charge in [-0.3, -0.25) is 14.6 Å². The van der Waals surface area contributed by atoms with Gasteiger partial charge in [-0.25, -0.2) is 0 Å². The molecule has 1 amide bonds. The number of benzene rings is 3. The minimum atomic E-state index is -0.105. The summed E-state index contributed by atoms with van der Waals surface area (Å²) in [5.74, 6) is 0.196. The van der Waals surface area contributed by atoms with Crippen LogP contribution < -0.4 is 4.90 Å². The van der Waals surface area contributed by atoms with E-state index in [0.29, 0.717) is 0 Å². The first kappa shape index (κ1) is 16.3. The van der Waals surface area contributed by atoms with Crippen molar-refractivity contribution in [3.05, 3.63) is 101 Å². The van der Waals surface area contributed by atoms with Gasteiger partial charge >= 0.3 is 0 Å². The standard InChI is InChI=1S/C24H22N2O/c1-17-11-13-21(14-12-17)26-23(18-7-3-2-4-8-18)25-16-20-10-6-5-9-19(20)15-22(25)24(26)27/h2-14,22-23H,15-16H2,1H3/t22-,23+/m0/s1. The van der Waals surface area contributed by atoms with Crippen molar-refractivity contribution in [3.8, 4) is 0 Å². The third kappa shape index (κ3) is 2.66. The van der Waals surface area contributed by atoms with E-state index in [9.17, 15) is 4.79 Å². The summed E-state index contributed by atoms with van der Waals surface area (Å²) in [5.41, 5.74) is 5.95. The lowest BCUT2D eigenvalue weighted by Gasteiger charge is -2.34. The van der Waals surface area contributed by atoms with Gasteiger partial charge in [0.15, 0.2) is 0 Å². The zero-order chi connectivity index (χ0) is 18.4. The molecule has 5 rings (SSSR count). The Morgan fingerprint density at radius 3 is 2.22 bits per heavy atom. The summed E-state index contributed by atoms with van der Waals surface area (Å²) in [7, 11) is 0. The number of fused-ring (bicyclic) bond motifs is 2. The maximum absolute atomic E-state index is 13.5. The lowest BCUT2D eigenvalue weighted by molar-refractivity contribution is -0.119. The van der Waals surface area contributed by atoms with Gasteiger partial charge < -0.3 is 0 Å². The van der Waals surface area contributed by atoms with Gasteiger partial charge in [-0.2, -0.15) is 0 Å². The molecule has 2 aliphatic rings.